The van der Waals surface area contributed by atoms with Crippen LogP contribution in [0.2, 0.25) is 0 Å². The molecule has 0 bridgehead atoms. The smallest absolute Gasteiger partial charge is 0.274 e. The third-order valence-electron chi connectivity index (χ3n) is 3.12. The average molecular weight is 394 g/mol. The summed E-state index contributed by atoms with van der Waals surface area (Å²) >= 11 is 3.28. The van der Waals surface area contributed by atoms with E-state index in [9.17, 15) is 14.0 Å². The predicted octanol–water partition coefficient (Wildman–Crippen LogP) is 2.81. The van der Waals surface area contributed by atoms with Gasteiger partial charge < -0.3 is 0 Å². The van der Waals surface area contributed by atoms with Crippen molar-refractivity contribution in [1.29, 1.82) is 0 Å². The van der Waals surface area contributed by atoms with Gasteiger partial charge in [0.15, 0.2) is 0 Å². The number of rotatable bonds is 4. The average Bonchev–Trinajstić information content (AvgIpc) is 2.59. The van der Waals surface area contributed by atoms with Gasteiger partial charge in [-0.2, -0.15) is 5.10 Å². The van der Waals surface area contributed by atoms with Crippen LogP contribution in [0, 0.1) is 5.82 Å². The van der Waals surface area contributed by atoms with Crippen LogP contribution in [0.5, 0.6) is 0 Å². The third kappa shape index (κ3) is 4.24. The molecule has 24 heavy (non-hydrogen) atoms. The monoisotopic (exact) mass is 393 g/mol. The molecule has 2 aromatic rings. The number of hydrazone groups is 1. The van der Waals surface area contributed by atoms with Crippen molar-refractivity contribution in [3.63, 3.8) is 0 Å². The van der Waals surface area contributed by atoms with E-state index < -0.39 is 11.7 Å². The second kappa shape index (κ2) is 7.80. The number of nitrogens with zero attached hydrogens (tertiary/aromatic N) is 2. The molecular weight excluding hydrogens is 381 g/mol. The minimum absolute atomic E-state index is 0.0357. The Kier molecular flexibility index (Phi) is 5.78. The lowest BCUT2D eigenvalue weighted by molar-refractivity contribution is 0.0705. The molecule has 0 aliphatic heterocycles. The summed E-state index contributed by atoms with van der Waals surface area (Å²) in [5, 5.41) is 13.5. The molecule has 0 fully saturated rings. The lowest BCUT2D eigenvalue weighted by Crippen LogP contribution is -2.21. The molecule has 124 valence electrons. The molecule has 2 rings (SSSR count). The lowest BCUT2D eigenvalue weighted by Gasteiger charge is -2.11. The Balaban J connectivity index is 2.13. The molecule has 0 unspecified atom stereocenters. The van der Waals surface area contributed by atoms with Crippen LogP contribution < -0.4 is 5.48 Å². The van der Waals surface area contributed by atoms with Crippen molar-refractivity contribution in [2.45, 2.75) is 0 Å². The minimum atomic E-state index is -0.820. The molecule has 0 radical (unpaired) electrons. The molecule has 0 spiro atoms. The number of nitrogens with one attached hydrogen (secondary N) is 1. The van der Waals surface area contributed by atoms with Crippen LogP contribution in [0.3, 0.4) is 0 Å². The Morgan fingerprint density at radius 1 is 1.21 bits per heavy atom. The van der Waals surface area contributed by atoms with Crippen molar-refractivity contribution in [1.82, 2.24) is 10.5 Å². The van der Waals surface area contributed by atoms with Gasteiger partial charge in [0, 0.05) is 28.2 Å². The van der Waals surface area contributed by atoms with Gasteiger partial charge >= 0.3 is 0 Å². The summed E-state index contributed by atoms with van der Waals surface area (Å²) in [5.74, 6) is -1.88. The van der Waals surface area contributed by atoms with E-state index >= 15 is 0 Å². The number of hydrogen-bond acceptors (Lipinski definition) is 4. The first kappa shape index (κ1) is 17.8. The van der Waals surface area contributed by atoms with Crippen LogP contribution in [0.1, 0.15) is 26.3 Å². The Labute approximate surface area is 145 Å². The molecule has 0 aliphatic carbocycles. The fourth-order valence-corrected chi connectivity index (χ4v) is 2.08. The normalized spacial score (nSPS) is 10.7. The van der Waals surface area contributed by atoms with Crippen LogP contribution in [0.25, 0.3) is 0 Å². The minimum Gasteiger partial charge on any atom is -0.288 e. The highest BCUT2D eigenvalue weighted by Crippen LogP contribution is 2.13. The Hall–Kier alpha value is -2.58. The molecule has 0 aliphatic rings. The molecule has 2 N–H and O–H groups in total. The van der Waals surface area contributed by atoms with Gasteiger partial charge in [-0.25, -0.2) is 14.9 Å². The van der Waals surface area contributed by atoms with E-state index in [0.29, 0.717) is 5.56 Å². The predicted molar refractivity (Wildman–Crippen MR) is 89.5 cm³/mol. The van der Waals surface area contributed by atoms with E-state index in [0.717, 1.165) is 15.5 Å². The van der Waals surface area contributed by atoms with Crippen LogP contribution in [-0.4, -0.2) is 35.3 Å². The topological polar surface area (TPSA) is 82.0 Å². The van der Waals surface area contributed by atoms with Crippen molar-refractivity contribution in [2.24, 2.45) is 5.10 Å². The molecule has 6 nitrogen and oxygen atoms in total. The quantitative estimate of drug-likeness (QED) is 0.476. The second-order valence-electron chi connectivity index (χ2n) is 4.76. The maximum absolute atomic E-state index is 13.9. The molecular formula is C16H13BrFN3O3. The fourth-order valence-electron chi connectivity index (χ4n) is 1.82. The Morgan fingerprint density at radius 3 is 2.42 bits per heavy atom. The van der Waals surface area contributed by atoms with Crippen molar-refractivity contribution in [3.8, 4) is 0 Å². The number of hydrogen-bond donors (Lipinski definition) is 2. The molecule has 0 heterocycles. The first-order valence-electron chi connectivity index (χ1n) is 6.74. The van der Waals surface area contributed by atoms with E-state index in [1.165, 1.54) is 30.9 Å². The van der Waals surface area contributed by atoms with Crippen molar-refractivity contribution < 1.29 is 19.2 Å². The summed E-state index contributed by atoms with van der Waals surface area (Å²) in [5.41, 5.74) is 1.92. The zero-order valence-corrected chi connectivity index (χ0v) is 14.1. The highest BCUT2D eigenvalue weighted by molar-refractivity contribution is 9.10. The number of carbonyl (C=O) groups excluding carboxylic acids is 2. The summed E-state index contributed by atoms with van der Waals surface area (Å²) in [6.45, 7) is 0. The van der Waals surface area contributed by atoms with Gasteiger partial charge in [-0.05, 0) is 42.5 Å². The largest absolute Gasteiger partial charge is 0.288 e. The van der Waals surface area contributed by atoms with Crippen LogP contribution >= 0.6 is 15.9 Å². The number of hydroxylamine groups is 1. The van der Waals surface area contributed by atoms with Crippen LogP contribution in [0.15, 0.2) is 52.0 Å². The maximum atomic E-state index is 13.9. The standard InChI is InChI=1S/C16H13BrFN3O3/c1-21(16(23)10-4-6-13(17)7-5-10)19-9-12-3-2-11(8-14(12)18)15(22)20-24/h2-9,24H,1H3,(H,20,22). The number of amides is 2. The van der Waals surface area contributed by atoms with Crippen molar-refractivity contribution in [2.75, 3.05) is 7.05 Å². The van der Waals surface area contributed by atoms with Gasteiger partial charge in [-0.1, -0.05) is 15.9 Å². The fraction of sp³-hybridized carbons (Fsp3) is 0.0625. The van der Waals surface area contributed by atoms with E-state index in [4.69, 9.17) is 5.21 Å². The zero-order chi connectivity index (χ0) is 17.7. The highest BCUT2D eigenvalue weighted by atomic mass is 79.9. The van der Waals surface area contributed by atoms with E-state index in [2.05, 4.69) is 21.0 Å². The van der Waals surface area contributed by atoms with E-state index in [1.54, 1.807) is 24.3 Å². The first-order valence-corrected chi connectivity index (χ1v) is 7.53. The number of halogens is 2. The summed E-state index contributed by atoms with van der Waals surface area (Å²) in [6.07, 6.45) is 1.17. The first-order chi connectivity index (χ1) is 11.4. The molecule has 2 amide bonds. The zero-order valence-electron chi connectivity index (χ0n) is 12.5. The third-order valence-corrected chi connectivity index (χ3v) is 3.65. The maximum Gasteiger partial charge on any atom is 0.274 e. The second-order valence-corrected chi connectivity index (χ2v) is 5.67. The van der Waals surface area contributed by atoms with Gasteiger partial charge in [0.2, 0.25) is 0 Å². The molecule has 2 aromatic carbocycles. The Morgan fingerprint density at radius 2 is 1.83 bits per heavy atom. The van der Waals surface area contributed by atoms with Crippen molar-refractivity contribution in [3.05, 3.63) is 69.4 Å². The number of benzene rings is 2. The summed E-state index contributed by atoms with van der Waals surface area (Å²) < 4.78 is 14.8. The van der Waals surface area contributed by atoms with Crippen molar-refractivity contribution >= 4 is 34.0 Å². The molecule has 8 heteroatoms. The van der Waals surface area contributed by atoms with Gasteiger partial charge in [0.05, 0.1) is 6.21 Å². The van der Waals surface area contributed by atoms with Gasteiger partial charge in [0.1, 0.15) is 5.82 Å². The van der Waals surface area contributed by atoms with Gasteiger partial charge in [0.25, 0.3) is 11.8 Å². The lowest BCUT2D eigenvalue weighted by atomic mass is 10.1. The van der Waals surface area contributed by atoms with E-state index in [1.807, 2.05) is 0 Å². The highest BCUT2D eigenvalue weighted by Gasteiger charge is 2.11. The molecule has 0 atom stereocenters. The number of carbonyl (C=O) groups is 2. The van der Waals surface area contributed by atoms with Gasteiger partial charge in [-0.15, -0.1) is 0 Å². The van der Waals surface area contributed by atoms with Crippen LogP contribution in [-0.2, 0) is 0 Å². The van der Waals surface area contributed by atoms with Gasteiger partial charge in [-0.3, -0.25) is 14.8 Å². The Bertz CT molecular complexity index is 794. The SMILES string of the molecule is CN(N=Cc1ccc(C(=O)NO)cc1F)C(=O)c1ccc(Br)cc1. The van der Waals surface area contributed by atoms with Crippen LogP contribution in [0.4, 0.5) is 4.39 Å². The molecule has 0 saturated heterocycles. The summed E-state index contributed by atoms with van der Waals surface area (Å²) in [7, 11) is 1.45. The summed E-state index contributed by atoms with van der Waals surface area (Å²) in [4.78, 5) is 23.4. The summed E-state index contributed by atoms with van der Waals surface area (Å²) in [6, 6.07) is 10.4. The molecule has 0 aromatic heterocycles. The van der Waals surface area contributed by atoms with E-state index in [-0.39, 0.29) is 17.0 Å². The molecule has 0 saturated carbocycles.